The number of imide groups is 1. The van der Waals surface area contributed by atoms with E-state index in [0.717, 1.165) is 23.4 Å². The third-order valence-corrected chi connectivity index (χ3v) is 6.70. The predicted molar refractivity (Wildman–Crippen MR) is 111 cm³/mol. The van der Waals surface area contributed by atoms with Crippen molar-refractivity contribution in [2.75, 3.05) is 18.5 Å². The molecule has 1 aliphatic carbocycles. The Morgan fingerprint density at radius 2 is 2.00 bits per heavy atom. The largest absolute Gasteiger partial charge is 0.454 e. The molecule has 0 radical (unpaired) electrons. The fourth-order valence-corrected chi connectivity index (χ4v) is 4.73. The second kappa shape index (κ2) is 8.33. The van der Waals surface area contributed by atoms with E-state index >= 15 is 0 Å². The van der Waals surface area contributed by atoms with Crippen molar-refractivity contribution in [1.29, 1.82) is 0 Å². The molecule has 0 atom stereocenters. The van der Waals surface area contributed by atoms with Gasteiger partial charge in [0.05, 0.1) is 5.69 Å². The lowest BCUT2D eigenvalue weighted by Gasteiger charge is -2.40. The standard InChI is InChI=1S/C20H28N4O5S/c1-12-11-30-17(21-12)22-14(25)10-29-15(26)9-24-16(27)20(23-18(24)28)7-5-13(6-8-20)19(2,3)4/h11,13H,5-10H2,1-4H3,(H,23,28)(H,21,22,25). The number of carbonyl (C=O) groups excluding carboxylic acids is 4. The lowest BCUT2D eigenvalue weighted by atomic mass is 9.67. The number of amides is 4. The van der Waals surface area contributed by atoms with E-state index in [-0.39, 0.29) is 11.3 Å². The second-order valence-electron chi connectivity index (χ2n) is 9.05. The smallest absolute Gasteiger partial charge is 0.326 e. The van der Waals surface area contributed by atoms with E-state index in [2.05, 4.69) is 36.4 Å². The van der Waals surface area contributed by atoms with Crippen LogP contribution in [0.4, 0.5) is 9.93 Å². The van der Waals surface area contributed by atoms with Gasteiger partial charge >= 0.3 is 12.0 Å². The third-order valence-electron chi connectivity index (χ3n) is 5.83. The number of anilines is 1. The Balaban J connectivity index is 1.50. The first-order chi connectivity index (χ1) is 14.0. The molecule has 1 aromatic heterocycles. The minimum Gasteiger partial charge on any atom is -0.454 e. The van der Waals surface area contributed by atoms with Crippen LogP contribution in [0.15, 0.2) is 5.38 Å². The van der Waals surface area contributed by atoms with Crippen molar-refractivity contribution in [3.63, 3.8) is 0 Å². The Hall–Kier alpha value is -2.49. The lowest BCUT2D eigenvalue weighted by Crippen LogP contribution is -2.50. The number of esters is 1. The molecule has 164 valence electrons. The van der Waals surface area contributed by atoms with Crippen molar-refractivity contribution in [2.24, 2.45) is 11.3 Å². The van der Waals surface area contributed by atoms with Crippen molar-refractivity contribution in [2.45, 2.75) is 58.9 Å². The van der Waals surface area contributed by atoms with Crippen LogP contribution in [-0.2, 0) is 19.1 Å². The first-order valence-electron chi connectivity index (χ1n) is 10.0. The van der Waals surface area contributed by atoms with Crippen LogP contribution in [0.5, 0.6) is 0 Å². The number of ether oxygens (including phenoxy) is 1. The van der Waals surface area contributed by atoms with E-state index in [1.807, 2.05) is 0 Å². The summed E-state index contributed by atoms with van der Waals surface area (Å²) in [6.45, 7) is 7.31. The summed E-state index contributed by atoms with van der Waals surface area (Å²) < 4.78 is 4.93. The molecule has 2 fully saturated rings. The van der Waals surface area contributed by atoms with Gasteiger partial charge in [0.15, 0.2) is 11.7 Å². The molecule has 3 rings (SSSR count). The molecule has 10 heteroatoms. The van der Waals surface area contributed by atoms with E-state index < -0.39 is 36.6 Å². The van der Waals surface area contributed by atoms with E-state index in [1.165, 1.54) is 11.3 Å². The Kier molecular flexibility index (Phi) is 6.16. The molecule has 9 nitrogen and oxygen atoms in total. The van der Waals surface area contributed by atoms with E-state index in [9.17, 15) is 19.2 Å². The highest BCUT2D eigenvalue weighted by molar-refractivity contribution is 7.13. The SMILES string of the molecule is Cc1csc(NC(=O)COC(=O)CN2C(=O)NC3(CCC(C(C)(C)C)CC3)C2=O)n1. The summed E-state index contributed by atoms with van der Waals surface area (Å²) in [6, 6.07) is -0.589. The maximum absolute atomic E-state index is 12.9. The highest BCUT2D eigenvalue weighted by Crippen LogP contribution is 2.43. The molecular weight excluding hydrogens is 408 g/mol. The molecule has 0 bridgehead atoms. The fraction of sp³-hybridized carbons (Fsp3) is 0.650. The molecule has 0 aromatic carbocycles. The Morgan fingerprint density at radius 1 is 1.33 bits per heavy atom. The van der Waals surface area contributed by atoms with Crippen LogP contribution < -0.4 is 10.6 Å². The zero-order valence-electron chi connectivity index (χ0n) is 17.7. The summed E-state index contributed by atoms with van der Waals surface area (Å²) in [6.07, 6.45) is 2.79. The summed E-state index contributed by atoms with van der Waals surface area (Å²) in [5, 5.41) is 7.51. The monoisotopic (exact) mass is 436 g/mol. The Morgan fingerprint density at radius 3 is 2.57 bits per heavy atom. The average molecular weight is 437 g/mol. The van der Waals surface area contributed by atoms with Gasteiger partial charge in [0.25, 0.3) is 11.8 Å². The van der Waals surface area contributed by atoms with Gasteiger partial charge in [-0.05, 0) is 43.9 Å². The van der Waals surface area contributed by atoms with Gasteiger partial charge < -0.3 is 10.1 Å². The normalized spacial score (nSPS) is 24.1. The second-order valence-corrected chi connectivity index (χ2v) is 9.90. The molecular formula is C20H28N4O5S. The van der Waals surface area contributed by atoms with Crippen molar-refractivity contribution in [3.05, 3.63) is 11.1 Å². The summed E-state index contributed by atoms with van der Waals surface area (Å²) in [5.74, 6) is -1.26. The predicted octanol–water partition coefficient (Wildman–Crippen LogP) is 2.46. The van der Waals surface area contributed by atoms with E-state index in [0.29, 0.717) is 23.9 Å². The number of hydrogen-bond donors (Lipinski definition) is 2. The molecule has 1 spiro atoms. The number of rotatable bonds is 5. The summed E-state index contributed by atoms with van der Waals surface area (Å²) in [4.78, 5) is 54.2. The number of hydrogen-bond acceptors (Lipinski definition) is 7. The molecule has 1 saturated carbocycles. The average Bonchev–Trinajstić information content (AvgIpc) is 3.16. The highest BCUT2D eigenvalue weighted by atomic mass is 32.1. The maximum Gasteiger partial charge on any atom is 0.326 e. The van der Waals surface area contributed by atoms with E-state index in [4.69, 9.17) is 4.74 Å². The quantitative estimate of drug-likeness (QED) is 0.541. The number of thiazole rings is 1. The van der Waals surface area contributed by atoms with Crippen LogP contribution in [0.3, 0.4) is 0 Å². The van der Waals surface area contributed by atoms with Gasteiger partial charge in [-0.25, -0.2) is 9.78 Å². The zero-order chi connectivity index (χ0) is 22.1. The first kappa shape index (κ1) is 22.2. The molecule has 30 heavy (non-hydrogen) atoms. The van der Waals surface area contributed by atoms with Crippen LogP contribution in [0.1, 0.15) is 52.1 Å². The van der Waals surface area contributed by atoms with Crippen molar-refractivity contribution in [3.8, 4) is 0 Å². The minimum atomic E-state index is -0.931. The topological polar surface area (TPSA) is 118 Å². The van der Waals surface area contributed by atoms with E-state index in [1.54, 1.807) is 12.3 Å². The van der Waals surface area contributed by atoms with Crippen molar-refractivity contribution >= 4 is 40.3 Å². The summed E-state index contributed by atoms with van der Waals surface area (Å²) in [7, 11) is 0. The van der Waals surface area contributed by atoms with Gasteiger partial charge in [0.2, 0.25) is 0 Å². The Labute approximate surface area is 179 Å². The van der Waals surface area contributed by atoms with Crippen LogP contribution >= 0.6 is 11.3 Å². The van der Waals surface area contributed by atoms with Crippen LogP contribution in [0.25, 0.3) is 0 Å². The zero-order valence-corrected chi connectivity index (χ0v) is 18.6. The minimum absolute atomic E-state index is 0.147. The number of nitrogens with zero attached hydrogens (tertiary/aromatic N) is 2. The van der Waals surface area contributed by atoms with Crippen molar-refractivity contribution in [1.82, 2.24) is 15.2 Å². The van der Waals surface area contributed by atoms with Gasteiger partial charge in [-0.1, -0.05) is 20.8 Å². The number of aromatic nitrogens is 1. The summed E-state index contributed by atoms with van der Waals surface area (Å²) >= 11 is 1.26. The fourth-order valence-electron chi connectivity index (χ4n) is 4.02. The van der Waals surface area contributed by atoms with Gasteiger partial charge in [0, 0.05) is 5.38 Å². The van der Waals surface area contributed by atoms with Gasteiger partial charge in [-0.2, -0.15) is 0 Å². The molecule has 1 aliphatic heterocycles. The Bertz CT molecular complexity index is 852. The van der Waals surface area contributed by atoms with Crippen LogP contribution in [0, 0.1) is 18.3 Å². The molecule has 2 N–H and O–H groups in total. The molecule has 2 heterocycles. The number of aryl methyl sites for hydroxylation is 1. The van der Waals surface area contributed by atoms with Gasteiger partial charge in [-0.3, -0.25) is 24.6 Å². The molecule has 1 saturated heterocycles. The lowest BCUT2D eigenvalue weighted by molar-refractivity contribution is -0.150. The number of urea groups is 1. The van der Waals surface area contributed by atoms with Crippen molar-refractivity contribution < 1.29 is 23.9 Å². The molecule has 0 unspecified atom stereocenters. The molecule has 2 aliphatic rings. The molecule has 4 amide bonds. The number of carbonyl (C=O) groups is 4. The van der Waals surface area contributed by atoms with Gasteiger partial charge in [-0.15, -0.1) is 11.3 Å². The maximum atomic E-state index is 12.9. The number of nitrogens with one attached hydrogen (secondary N) is 2. The van der Waals surface area contributed by atoms with Crippen LogP contribution in [0.2, 0.25) is 0 Å². The first-order valence-corrected chi connectivity index (χ1v) is 10.9. The van der Waals surface area contributed by atoms with Gasteiger partial charge in [0.1, 0.15) is 12.1 Å². The summed E-state index contributed by atoms with van der Waals surface area (Å²) in [5.41, 5.74) is -0.00951. The van der Waals surface area contributed by atoms with Crippen LogP contribution in [-0.4, -0.2) is 52.4 Å². The molecule has 1 aromatic rings. The third kappa shape index (κ3) is 4.80. The highest BCUT2D eigenvalue weighted by Gasteiger charge is 2.53.